The van der Waals surface area contributed by atoms with Crippen LogP contribution in [-0.4, -0.2) is 12.4 Å². The molecule has 0 N–H and O–H groups in total. The molecule has 2 saturated heterocycles. The molecular weight excluding hydrogens is 248 g/mol. The summed E-state index contributed by atoms with van der Waals surface area (Å²) in [5, 5.41) is 2.55. The van der Waals surface area contributed by atoms with Crippen molar-refractivity contribution in [1.29, 1.82) is 0 Å². The fourth-order valence-corrected chi connectivity index (χ4v) is 3.19. The molecule has 2 aromatic carbocycles. The third-order valence-electron chi connectivity index (χ3n) is 4.24. The van der Waals surface area contributed by atoms with Gasteiger partial charge in [-0.1, -0.05) is 36.4 Å². The normalized spacial score (nSPS) is 27.5. The average molecular weight is 266 g/mol. The topological polar surface area (TPSA) is 18.5 Å². The highest BCUT2D eigenvalue weighted by atomic mass is 16.7. The molecule has 2 aliphatic rings. The molecule has 2 heterocycles. The van der Waals surface area contributed by atoms with Crippen LogP contribution in [0.25, 0.3) is 16.8 Å². The molecule has 4 rings (SSSR count). The molecule has 0 aliphatic carbocycles. The molecule has 2 fully saturated rings. The second-order valence-electron chi connectivity index (χ2n) is 5.68. The van der Waals surface area contributed by atoms with Crippen LogP contribution in [0.4, 0.5) is 0 Å². The summed E-state index contributed by atoms with van der Waals surface area (Å²) in [5.41, 5.74) is 1.20. The van der Waals surface area contributed by atoms with Crippen LogP contribution in [0.5, 0.6) is 0 Å². The predicted molar refractivity (Wildman–Crippen MR) is 80.2 cm³/mol. The number of hydrogen-bond acceptors (Lipinski definition) is 2. The highest BCUT2D eigenvalue weighted by Crippen LogP contribution is 2.41. The summed E-state index contributed by atoms with van der Waals surface area (Å²) in [4.78, 5) is 0. The fourth-order valence-electron chi connectivity index (χ4n) is 3.19. The second kappa shape index (κ2) is 4.64. The zero-order valence-electron chi connectivity index (χ0n) is 11.5. The first kappa shape index (κ1) is 12.0. The fraction of sp³-hybridized carbons (Fsp3) is 0.333. The lowest BCUT2D eigenvalue weighted by atomic mass is 10.1. The molecule has 2 heteroatoms. The lowest BCUT2D eigenvalue weighted by Gasteiger charge is -2.21. The van der Waals surface area contributed by atoms with Crippen molar-refractivity contribution >= 4 is 16.8 Å². The molecule has 1 unspecified atom stereocenters. The first-order chi connectivity index (χ1) is 9.83. The van der Waals surface area contributed by atoms with Crippen molar-refractivity contribution in [2.45, 2.75) is 31.5 Å². The van der Waals surface area contributed by atoms with E-state index in [1.165, 1.54) is 16.3 Å². The molecule has 0 bridgehead atoms. The van der Waals surface area contributed by atoms with Crippen LogP contribution in [0.1, 0.15) is 31.2 Å². The Kier molecular flexibility index (Phi) is 2.78. The van der Waals surface area contributed by atoms with E-state index in [0.717, 1.165) is 38.0 Å². The van der Waals surface area contributed by atoms with Crippen molar-refractivity contribution in [1.82, 2.24) is 0 Å². The van der Waals surface area contributed by atoms with Crippen molar-refractivity contribution in [2.75, 3.05) is 6.61 Å². The maximum Gasteiger partial charge on any atom is 0.210 e. The van der Waals surface area contributed by atoms with Crippen molar-refractivity contribution in [3.63, 3.8) is 0 Å². The molecule has 0 aromatic heterocycles. The number of ether oxygens (including phenoxy) is 2. The Labute approximate surface area is 119 Å². The molecule has 102 valence electrons. The van der Waals surface area contributed by atoms with Crippen LogP contribution in [0.3, 0.4) is 0 Å². The van der Waals surface area contributed by atoms with Crippen molar-refractivity contribution in [2.24, 2.45) is 0 Å². The van der Waals surface area contributed by atoms with E-state index in [9.17, 15) is 0 Å². The molecule has 0 amide bonds. The summed E-state index contributed by atoms with van der Waals surface area (Å²) in [6.45, 7) is 0.837. The van der Waals surface area contributed by atoms with Crippen molar-refractivity contribution in [3.8, 4) is 0 Å². The minimum atomic E-state index is -0.303. The predicted octanol–water partition coefficient (Wildman–Crippen LogP) is 4.50. The second-order valence-corrected chi connectivity index (χ2v) is 5.68. The van der Waals surface area contributed by atoms with Gasteiger partial charge in [0, 0.05) is 19.3 Å². The number of fused-ring (bicyclic) bond motifs is 1. The molecule has 2 aliphatic heterocycles. The van der Waals surface area contributed by atoms with Gasteiger partial charge < -0.3 is 9.47 Å². The summed E-state index contributed by atoms with van der Waals surface area (Å²) < 4.78 is 11.8. The van der Waals surface area contributed by atoms with Gasteiger partial charge in [0.25, 0.3) is 0 Å². The maximum atomic E-state index is 6.06. The maximum absolute atomic E-state index is 6.06. The standard InChI is InChI=1S/C18H18O2/c1-2-5-16-12-14(6-7-15(16)4-1)13-17-8-10-18(20-17)9-3-11-19-18/h1-2,4-7,12-13H,3,8-11H2/b17-13-. The Morgan fingerprint density at radius 1 is 1.00 bits per heavy atom. The van der Waals surface area contributed by atoms with E-state index in [1.54, 1.807) is 0 Å². The number of hydrogen-bond donors (Lipinski definition) is 0. The molecule has 2 aromatic rings. The molecule has 0 saturated carbocycles. The summed E-state index contributed by atoms with van der Waals surface area (Å²) in [6, 6.07) is 15.0. The first-order valence-corrected chi connectivity index (χ1v) is 7.35. The van der Waals surface area contributed by atoms with Gasteiger partial charge >= 0.3 is 0 Å². The highest BCUT2D eigenvalue weighted by molar-refractivity contribution is 5.84. The Hall–Kier alpha value is -1.80. The minimum absolute atomic E-state index is 0.303. The third-order valence-corrected chi connectivity index (χ3v) is 4.24. The number of benzene rings is 2. The summed E-state index contributed by atoms with van der Waals surface area (Å²) in [7, 11) is 0. The van der Waals surface area contributed by atoms with Gasteiger partial charge in [-0.15, -0.1) is 0 Å². The van der Waals surface area contributed by atoms with Crippen LogP contribution in [0, 0.1) is 0 Å². The van der Waals surface area contributed by atoms with Crippen LogP contribution >= 0.6 is 0 Å². The Balaban J connectivity index is 1.62. The van der Waals surface area contributed by atoms with Crippen LogP contribution in [-0.2, 0) is 9.47 Å². The average Bonchev–Trinajstić information content (AvgIpc) is 3.09. The van der Waals surface area contributed by atoms with E-state index in [4.69, 9.17) is 9.47 Å². The third kappa shape index (κ3) is 2.10. The molecule has 2 nitrogen and oxygen atoms in total. The van der Waals surface area contributed by atoms with Gasteiger partial charge in [-0.05, 0) is 34.9 Å². The van der Waals surface area contributed by atoms with E-state index < -0.39 is 0 Å². The van der Waals surface area contributed by atoms with Crippen molar-refractivity contribution in [3.05, 3.63) is 53.8 Å². The van der Waals surface area contributed by atoms with Gasteiger partial charge in [0.05, 0.1) is 6.61 Å². The van der Waals surface area contributed by atoms with Crippen LogP contribution in [0.15, 0.2) is 48.2 Å². The quantitative estimate of drug-likeness (QED) is 0.756. The Morgan fingerprint density at radius 3 is 2.75 bits per heavy atom. The smallest absolute Gasteiger partial charge is 0.210 e. The molecule has 20 heavy (non-hydrogen) atoms. The van der Waals surface area contributed by atoms with Crippen LogP contribution in [0.2, 0.25) is 0 Å². The lowest BCUT2D eigenvalue weighted by Crippen LogP contribution is -2.24. The van der Waals surface area contributed by atoms with Gasteiger partial charge in [-0.3, -0.25) is 0 Å². The summed E-state index contributed by atoms with van der Waals surface area (Å²) in [6.07, 6.45) is 6.27. The van der Waals surface area contributed by atoms with Crippen molar-refractivity contribution < 1.29 is 9.47 Å². The zero-order chi connectivity index (χ0) is 13.4. The molecule has 1 atom stereocenters. The van der Waals surface area contributed by atoms with Gasteiger partial charge in [-0.2, -0.15) is 0 Å². The molecule has 0 radical (unpaired) electrons. The van der Waals surface area contributed by atoms with Gasteiger partial charge in [-0.25, -0.2) is 0 Å². The largest absolute Gasteiger partial charge is 0.467 e. The van der Waals surface area contributed by atoms with Gasteiger partial charge in [0.2, 0.25) is 5.79 Å². The Bertz CT molecular complexity index is 666. The van der Waals surface area contributed by atoms with E-state index in [0.29, 0.717) is 0 Å². The molecule has 1 spiro atoms. The lowest BCUT2D eigenvalue weighted by molar-refractivity contribution is -0.161. The van der Waals surface area contributed by atoms with E-state index >= 15 is 0 Å². The van der Waals surface area contributed by atoms with E-state index in [2.05, 4.69) is 48.5 Å². The van der Waals surface area contributed by atoms with E-state index in [-0.39, 0.29) is 5.79 Å². The Morgan fingerprint density at radius 2 is 1.90 bits per heavy atom. The van der Waals surface area contributed by atoms with Gasteiger partial charge in [0.1, 0.15) is 5.76 Å². The first-order valence-electron chi connectivity index (χ1n) is 7.35. The zero-order valence-corrected chi connectivity index (χ0v) is 11.5. The number of rotatable bonds is 1. The molecular formula is C18H18O2. The van der Waals surface area contributed by atoms with Crippen LogP contribution < -0.4 is 0 Å². The minimum Gasteiger partial charge on any atom is -0.467 e. The van der Waals surface area contributed by atoms with Gasteiger partial charge in [0.15, 0.2) is 0 Å². The summed E-state index contributed by atoms with van der Waals surface area (Å²) >= 11 is 0. The monoisotopic (exact) mass is 266 g/mol. The SMILES string of the molecule is C(=C1\CCC2(CCCO2)O1)/c1ccc2ccccc2c1. The number of allylic oxidation sites excluding steroid dienone is 1. The summed E-state index contributed by atoms with van der Waals surface area (Å²) in [5.74, 6) is 0.755. The van der Waals surface area contributed by atoms with E-state index in [1.807, 2.05) is 0 Å². The highest BCUT2D eigenvalue weighted by Gasteiger charge is 2.42.